The normalized spacial score (nSPS) is 21.4. The second-order valence-electron chi connectivity index (χ2n) is 7.08. The lowest BCUT2D eigenvalue weighted by Gasteiger charge is -2.52. The van der Waals surface area contributed by atoms with E-state index in [1.165, 1.54) is 12.4 Å². The van der Waals surface area contributed by atoms with Crippen molar-refractivity contribution in [2.75, 3.05) is 19.7 Å². The molecule has 2 aromatic heterocycles. The minimum absolute atomic E-state index is 0.0961. The second-order valence-corrected chi connectivity index (χ2v) is 7.08. The van der Waals surface area contributed by atoms with Crippen molar-refractivity contribution in [2.24, 2.45) is 0 Å². The van der Waals surface area contributed by atoms with Crippen LogP contribution in [0.25, 0.3) is 0 Å². The van der Waals surface area contributed by atoms with Gasteiger partial charge in [-0.2, -0.15) is 0 Å². The van der Waals surface area contributed by atoms with Gasteiger partial charge in [-0.05, 0) is 24.5 Å². The molecule has 1 amide bonds. The summed E-state index contributed by atoms with van der Waals surface area (Å²) >= 11 is 0. The van der Waals surface area contributed by atoms with Crippen LogP contribution < -0.4 is 0 Å². The maximum absolute atomic E-state index is 12.4. The summed E-state index contributed by atoms with van der Waals surface area (Å²) in [6, 6.07) is 2.09. The zero-order valence-electron chi connectivity index (χ0n) is 14.8. The number of carbonyl (C=O) groups is 1. The van der Waals surface area contributed by atoms with Crippen molar-refractivity contribution in [3.8, 4) is 0 Å². The lowest BCUT2D eigenvalue weighted by atomic mass is 9.84. The number of amides is 1. The summed E-state index contributed by atoms with van der Waals surface area (Å²) in [5, 5.41) is 0. The number of hydrogen-bond acceptors (Lipinski definition) is 6. The van der Waals surface area contributed by atoms with E-state index in [4.69, 9.17) is 9.47 Å². The molecule has 1 unspecified atom stereocenters. The predicted molar refractivity (Wildman–Crippen MR) is 93.4 cm³/mol. The van der Waals surface area contributed by atoms with E-state index in [-0.39, 0.29) is 17.6 Å². The Morgan fingerprint density at radius 2 is 2.19 bits per heavy atom. The number of nitrogens with zero attached hydrogens (tertiary/aromatic N) is 4. The SMILES string of the molecule is Cc1cncc(COC2CCOC3(C2)CN(C(=O)c2cnccn2)C3)c1. The van der Waals surface area contributed by atoms with Crippen molar-refractivity contribution >= 4 is 5.91 Å². The van der Waals surface area contributed by atoms with Crippen LogP contribution in [0.2, 0.25) is 0 Å². The summed E-state index contributed by atoms with van der Waals surface area (Å²) in [7, 11) is 0. The molecule has 2 saturated heterocycles. The molecule has 2 aliphatic rings. The molecule has 0 radical (unpaired) electrons. The van der Waals surface area contributed by atoms with Crippen LogP contribution in [-0.4, -0.2) is 57.2 Å². The molecule has 4 rings (SSSR count). The Hall–Kier alpha value is -2.38. The molecule has 7 heteroatoms. The molecule has 2 fully saturated rings. The molecular formula is C19H22N4O3. The van der Waals surface area contributed by atoms with Crippen LogP contribution in [0.5, 0.6) is 0 Å². The Bertz CT molecular complexity index is 777. The van der Waals surface area contributed by atoms with E-state index in [1.54, 1.807) is 11.1 Å². The third-order valence-corrected chi connectivity index (χ3v) is 4.89. The fourth-order valence-corrected chi connectivity index (χ4v) is 3.62. The van der Waals surface area contributed by atoms with Crippen molar-refractivity contribution in [3.63, 3.8) is 0 Å². The minimum Gasteiger partial charge on any atom is -0.373 e. The number of hydrogen-bond donors (Lipinski definition) is 0. The van der Waals surface area contributed by atoms with E-state index in [9.17, 15) is 4.79 Å². The predicted octanol–water partition coefficient (Wildman–Crippen LogP) is 1.77. The molecule has 0 bridgehead atoms. The fourth-order valence-electron chi connectivity index (χ4n) is 3.62. The van der Waals surface area contributed by atoms with Gasteiger partial charge in [-0.25, -0.2) is 4.98 Å². The first kappa shape index (κ1) is 17.1. The summed E-state index contributed by atoms with van der Waals surface area (Å²) in [5.41, 5.74) is 2.30. The van der Waals surface area contributed by atoms with Crippen LogP contribution in [-0.2, 0) is 16.1 Å². The highest BCUT2D eigenvalue weighted by molar-refractivity contribution is 5.92. The largest absolute Gasteiger partial charge is 0.373 e. The zero-order chi connectivity index (χ0) is 18.0. The average molecular weight is 354 g/mol. The van der Waals surface area contributed by atoms with Crippen molar-refractivity contribution in [3.05, 3.63) is 53.9 Å². The van der Waals surface area contributed by atoms with E-state index >= 15 is 0 Å². The van der Waals surface area contributed by atoms with Gasteiger partial charge in [0.2, 0.25) is 0 Å². The monoisotopic (exact) mass is 354 g/mol. The van der Waals surface area contributed by atoms with E-state index < -0.39 is 0 Å². The average Bonchev–Trinajstić information content (AvgIpc) is 2.65. The Balaban J connectivity index is 1.31. The van der Waals surface area contributed by atoms with Crippen LogP contribution in [0.4, 0.5) is 0 Å². The quantitative estimate of drug-likeness (QED) is 0.833. The molecule has 0 saturated carbocycles. The van der Waals surface area contributed by atoms with Gasteiger partial charge in [0.25, 0.3) is 5.91 Å². The van der Waals surface area contributed by atoms with Crippen molar-refractivity contribution in [1.82, 2.24) is 19.9 Å². The first-order valence-corrected chi connectivity index (χ1v) is 8.85. The maximum Gasteiger partial charge on any atom is 0.274 e. The summed E-state index contributed by atoms with van der Waals surface area (Å²) in [5.74, 6) is -0.0961. The number of rotatable bonds is 4. The molecule has 2 aliphatic heterocycles. The highest BCUT2D eigenvalue weighted by atomic mass is 16.5. The third kappa shape index (κ3) is 3.59. The molecule has 0 aromatic carbocycles. The molecule has 136 valence electrons. The number of pyridine rings is 1. The molecule has 7 nitrogen and oxygen atoms in total. The number of ether oxygens (including phenoxy) is 2. The van der Waals surface area contributed by atoms with Crippen LogP contribution >= 0.6 is 0 Å². The van der Waals surface area contributed by atoms with Crippen molar-refractivity contribution in [1.29, 1.82) is 0 Å². The van der Waals surface area contributed by atoms with Crippen molar-refractivity contribution in [2.45, 2.75) is 38.1 Å². The molecule has 26 heavy (non-hydrogen) atoms. The molecule has 1 spiro atoms. The van der Waals surface area contributed by atoms with Crippen LogP contribution in [0, 0.1) is 6.92 Å². The summed E-state index contributed by atoms with van der Waals surface area (Å²) < 4.78 is 12.1. The standard InChI is InChI=1S/C19H22N4O3/c1-14-6-15(9-21-8-14)11-25-16-2-5-26-19(7-16)12-23(13-19)18(24)17-10-20-3-4-22-17/h3-4,6,8-10,16H,2,5,7,11-13H2,1H3. The highest BCUT2D eigenvalue weighted by Gasteiger charge is 2.49. The van der Waals surface area contributed by atoms with Gasteiger partial charge in [-0.15, -0.1) is 0 Å². The van der Waals surface area contributed by atoms with Gasteiger partial charge < -0.3 is 14.4 Å². The Labute approximate surface area is 152 Å². The highest BCUT2D eigenvalue weighted by Crippen LogP contribution is 2.36. The Morgan fingerprint density at radius 3 is 2.96 bits per heavy atom. The molecular weight excluding hydrogens is 332 g/mol. The maximum atomic E-state index is 12.4. The summed E-state index contributed by atoms with van der Waals surface area (Å²) in [6.07, 6.45) is 10.1. The van der Waals surface area contributed by atoms with E-state index in [0.717, 1.165) is 24.0 Å². The number of aromatic nitrogens is 3. The van der Waals surface area contributed by atoms with E-state index in [2.05, 4.69) is 21.0 Å². The smallest absolute Gasteiger partial charge is 0.274 e. The first-order valence-electron chi connectivity index (χ1n) is 8.85. The minimum atomic E-state index is -0.286. The zero-order valence-corrected chi connectivity index (χ0v) is 14.8. The van der Waals surface area contributed by atoms with Gasteiger partial charge in [0, 0.05) is 37.8 Å². The number of carbonyl (C=O) groups excluding carboxylic acids is 1. The topological polar surface area (TPSA) is 77.4 Å². The van der Waals surface area contributed by atoms with Crippen molar-refractivity contribution < 1.29 is 14.3 Å². The second kappa shape index (κ2) is 7.09. The molecule has 0 N–H and O–H groups in total. The lowest BCUT2D eigenvalue weighted by Crippen LogP contribution is -2.67. The summed E-state index contributed by atoms with van der Waals surface area (Å²) in [6.45, 7) is 4.39. The molecule has 1 atom stereocenters. The van der Waals surface area contributed by atoms with Crippen LogP contribution in [0.3, 0.4) is 0 Å². The fraction of sp³-hybridized carbons (Fsp3) is 0.474. The molecule has 0 aliphatic carbocycles. The van der Waals surface area contributed by atoms with Gasteiger partial charge in [-0.3, -0.25) is 14.8 Å². The van der Waals surface area contributed by atoms with E-state index in [1.807, 2.05) is 19.3 Å². The van der Waals surface area contributed by atoms with Gasteiger partial charge in [0.05, 0.1) is 32.0 Å². The van der Waals surface area contributed by atoms with Crippen LogP contribution in [0.1, 0.15) is 34.5 Å². The Kier molecular flexibility index (Phi) is 4.65. The lowest BCUT2D eigenvalue weighted by molar-refractivity contribution is -0.188. The molecule has 4 heterocycles. The van der Waals surface area contributed by atoms with Gasteiger partial charge in [-0.1, -0.05) is 6.07 Å². The van der Waals surface area contributed by atoms with Gasteiger partial charge in [0.1, 0.15) is 11.3 Å². The van der Waals surface area contributed by atoms with E-state index in [0.29, 0.717) is 32.0 Å². The van der Waals surface area contributed by atoms with Gasteiger partial charge >= 0.3 is 0 Å². The number of likely N-dealkylation sites (tertiary alicyclic amines) is 1. The summed E-state index contributed by atoms with van der Waals surface area (Å²) in [4.78, 5) is 26.4. The van der Waals surface area contributed by atoms with Crippen LogP contribution in [0.15, 0.2) is 37.1 Å². The molecule has 2 aromatic rings. The third-order valence-electron chi connectivity index (χ3n) is 4.89. The van der Waals surface area contributed by atoms with Gasteiger partial charge in [0.15, 0.2) is 0 Å². The Morgan fingerprint density at radius 1 is 1.31 bits per heavy atom. The number of aryl methyl sites for hydroxylation is 1. The first-order chi connectivity index (χ1) is 12.6.